The summed E-state index contributed by atoms with van der Waals surface area (Å²) in [7, 11) is 0. The van der Waals surface area contributed by atoms with Crippen LogP contribution in [0.5, 0.6) is 0 Å². The second kappa shape index (κ2) is 4.55. The van der Waals surface area contributed by atoms with Gasteiger partial charge in [-0.05, 0) is 20.3 Å². The molecule has 5 nitrogen and oxygen atoms in total. The molecule has 0 spiro atoms. The lowest BCUT2D eigenvalue weighted by Gasteiger charge is -2.17. The van der Waals surface area contributed by atoms with Gasteiger partial charge in [0.05, 0.1) is 6.61 Å². The van der Waals surface area contributed by atoms with E-state index in [4.69, 9.17) is 9.84 Å². The Morgan fingerprint density at radius 1 is 1.77 bits per heavy atom. The third-order valence-electron chi connectivity index (χ3n) is 2.15. The van der Waals surface area contributed by atoms with Gasteiger partial charge in [0, 0.05) is 6.04 Å². The number of hydrazine groups is 1. The number of carbonyl (C=O) groups is 1. The zero-order chi connectivity index (χ0) is 9.84. The molecule has 1 aliphatic rings. The van der Waals surface area contributed by atoms with Crippen LogP contribution in [-0.2, 0) is 9.53 Å². The molecule has 2 unspecified atom stereocenters. The molecule has 0 bridgehead atoms. The van der Waals surface area contributed by atoms with Gasteiger partial charge in [0.15, 0.2) is 0 Å². The van der Waals surface area contributed by atoms with Gasteiger partial charge in [-0.2, -0.15) is 0 Å². The largest absolute Gasteiger partial charge is 0.465 e. The van der Waals surface area contributed by atoms with Crippen LogP contribution >= 0.6 is 0 Å². The van der Waals surface area contributed by atoms with Crippen LogP contribution in [-0.4, -0.2) is 41.5 Å². The van der Waals surface area contributed by atoms with Crippen LogP contribution in [0.1, 0.15) is 20.3 Å². The van der Waals surface area contributed by atoms with Crippen molar-refractivity contribution in [1.82, 2.24) is 10.4 Å². The summed E-state index contributed by atoms with van der Waals surface area (Å²) in [6.45, 7) is 4.03. The topological polar surface area (TPSA) is 61.8 Å². The smallest absolute Gasteiger partial charge is 0.324 e. The van der Waals surface area contributed by atoms with E-state index in [-0.39, 0.29) is 24.8 Å². The van der Waals surface area contributed by atoms with Gasteiger partial charge in [0.2, 0.25) is 0 Å². The second-order valence-electron chi connectivity index (χ2n) is 3.13. The van der Waals surface area contributed by atoms with Gasteiger partial charge in [-0.15, -0.1) is 0 Å². The maximum atomic E-state index is 11.3. The predicted octanol–water partition coefficient (Wildman–Crippen LogP) is -0.533. The molecular formula is C8H16N2O3. The standard InChI is InChI=1S/C8H16N2O3/c1-3-13-8(12)7-4-6(2)10(5-11)9-7/h6-7,9,11H,3-5H2,1-2H3. The minimum Gasteiger partial charge on any atom is -0.465 e. The van der Waals surface area contributed by atoms with Crippen molar-refractivity contribution in [2.45, 2.75) is 32.4 Å². The Bertz CT molecular complexity index is 186. The molecule has 5 heteroatoms. The highest BCUT2D eigenvalue weighted by Gasteiger charge is 2.33. The number of aliphatic hydroxyl groups excluding tert-OH is 1. The molecular weight excluding hydrogens is 172 g/mol. The Balaban J connectivity index is 2.43. The van der Waals surface area contributed by atoms with Crippen LogP contribution in [0.2, 0.25) is 0 Å². The lowest BCUT2D eigenvalue weighted by Crippen LogP contribution is -2.42. The number of aliphatic hydroxyl groups is 1. The number of rotatable bonds is 3. The van der Waals surface area contributed by atoms with Crippen molar-refractivity contribution in [3.05, 3.63) is 0 Å². The van der Waals surface area contributed by atoms with Crippen molar-refractivity contribution in [2.24, 2.45) is 0 Å². The summed E-state index contributed by atoms with van der Waals surface area (Å²) in [6.07, 6.45) is 0.680. The van der Waals surface area contributed by atoms with Crippen molar-refractivity contribution in [3.8, 4) is 0 Å². The predicted molar refractivity (Wildman–Crippen MR) is 46.6 cm³/mol. The summed E-state index contributed by atoms with van der Waals surface area (Å²) >= 11 is 0. The number of hydrogen-bond donors (Lipinski definition) is 2. The summed E-state index contributed by atoms with van der Waals surface area (Å²) < 4.78 is 4.86. The van der Waals surface area contributed by atoms with Gasteiger partial charge in [-0.25, -0.2) is 10.4 Å². The first-order chi connectivity index (χ1) is 6.19. The molecule has 1 rings (SSSR count). The van der Waals surface area contributed by atoms with Crippen LogP contribution < -0.4 is 5.43 Å². The Labute approximate surface area is 77.6 Å². The fourth-order valence-electron chi connectivity index (χ4n) is 1.42. The molecule has 0 aliphatic carbocycles. The third kappa shape index (κ3) is 2.40. The molecule has 76 valence electrons. The molecule has 1 aliphatic heterocycles. The van der Waals surface area contributed by atoms with E-state index in [0.29, 0.717) is 13.0 Å². The lowest BCUT2D eigenvalue weighted by atomic mass is 10.1. The van der Waals surface area contributed by atoms with E-state index in [0.717, 1.165) is 0 Å². The van der Waals surface area contributed by atoms with Crippen molar-refractivity contribution < 1.29 is 14.6 Å². The van der Waals surface area contributed by atoms with Gasteiger partial charge in [-0.1, -0.05) is 0 Å². The first-order valence-electron chi connectivity index (χ1n) is 4.49. The summed E-state index contributed by atoms with van der Waals surface area (Å²) in [5.41, 5.74) is 2.88. The van der Waals surface area contributed by atoms with E-state index in [1.165, 1.54) is 0 Å². The molecule has 0 aromatic heterocycles. The summed E-state index contributed by atoms with van der Waals surface area (Å²) in [5.74, 6) is -0.245. The van der Waals surface area contributed by atoms with Crippen molar-refractivity contribution in [1.29, 1.82) is 0 Å². The third-order valence-corrected chi connectivity index (χ3v) is 2.15. The maximum Gasteiger partial charge on any atom is 0.324 e. The fourth-order valence-corrected chi connectivity index (χ4v) is 1.42. The maximum absolute atomic E-state index is 11.3. The van der Waals surface area contributed by atoms with Gasteiger partial charge in [0.1, 0.15) is 12.8 Å². The van der Waals surface area contributed by atoms with E-state index in [2.05, 4.69) is 5.43 Å². The number of carbonyl (C=O) groups excluding carboxylic acids is 1. The van der Waals surface area contributed by atoms with Gasteiger partial charge >= 0.3 is 5.97 Å². The van der Waals surface area contributed by atoms with E-state index in [1.807, 2.05) is 6.92 Å². The number of hydrogen-bond acceptors (Lipinski definition) is 5. The van der Waals surface area contributed by atoms with Crippen molar-refractivity contribution >= 4 is 5.97 Å². The molecule has 2 atom stereocenters. The molecule has 1 heterocycles. The summed E-state index contributed by atoms with van der Waals surface area (Å²) in [5, 5.41) is 10.5. The van der Waals surface area contributed by atoms with Crippen LogP contribution in [0.3, 0.4) is 0 Å². The second-order valence-corrected chi connectivity index (χ2v) is 3.13. The molecule has 2 N–H and O–H groups in total. The minimum absolute atomic E-state index is 0.0862. The van der Waals surface area contributed by atoms with E-state index in [9.17, 15) is 4.79 Å². The molecule has 0 amide bonds. The molecule has 0 radical (unpaired) electrons. The minimum atomic E-state index is -0.304. The van der Waals surface area contributed by atoms with Crippen LogP contribution in [0.4, 0.5) is 0 Å². The fraction of sp³-hybridized carbons (Fsp3) is 0.875. The highest BCUT2D eigenvalue weighted by Crippen LogP contribution is 2.14. The van der Waals surface area contributed by atoms with Gasteiger partial charge < -0.3 is 9.84 Å². The first kappa shape index (κ1) is 10.4. The average Bonchev–Trinajstić information content (AvgIpc) is 2.47. The van der Waals surface area contributed by atoms with E-state index >= 15 is 0 Å². The van der Waals surface area contributed by atoms with Gasteiger partial charge in [-0.3, -0.25) is 4.79 Å². The normalized spacial score (nSPS) is 29.2. The van der Waals surface area contributed by atoms with E-state index < -0.39 is 0 Å². The molecule has 1 saturated heterocycles. The Kier molecular flexibility index (Phi) is 3.65. The number of nitrogens with zero attached hydrogens (tertiary/aromatic N) is 1. The van der Waals surface area contributed by atoms with Gasteiger partial charge in [0.25, 0.3) is 0 Å². The Hall–Kier alpha value is -0.650. The van der Waals surface area contributed by atoms with Crippen LogP contribution in [0.25, 0.3) is 0 Å². The highest BCUT2D eigenvalue weighted by molar-refractivity contribution is 5.76. The summed E-state index contributed by atoms with van der Waals surface area (Å²) in [6, 6.07) is -0.137. The lowest BCUT2D eigenvalue weighted by molar-refractivity contribution is -0.146. The van der Waals surface area contributed by atoms with Crippen LogP contribution in [0.15, 0.2) is 0 Å². The Morgan fingerprint density at radius 2 is 2.46 bits per heavy atom. The SMILES string of the molecule is CCOC(=O)C1CC(C)N(CO)N1. The number of ether oxygens (including phenoxy) is 1. The molecule has 0 saturated carbocycles. The van der Waals surface area contributed by atoms with Crippen molar-refractivity contribution in [3.63, 3.8) is 0 Å². The molecule has 13 heavy (non-hydrogen) atoms. The Morgan fingerprint density at radius 3 is 2.92 bits per heavy atom. The highest BCUT2D eigenvalue weighted by atomic mass is 16.5. The van der Waals surface area contributed by atoms with E-state index in [1.54, 1.807) is 11.9 Å². The monoisotopic (exact) mass is 188 g/mol. The number of nitrogens with one attached hydrogen (secondary N) is 1. The molecule has 0 aromatic carbocycles. The van der Waals surface area contributed by atoms with Crippen LogP contribution in [0, 0.1) is 0 Å². The van der Waals surface area contributed by atoms with Crippen molar-refractivity contribution in [2.75, 3.05) is 13.3 Å². The zero-order valence-corrected chi connectivity index (χ0v) is 7.99. The quantitative estimate of drug-likeness (QED) is 0.583. The average molecular weight is 188 g/mol. The first-order valence-corrected chi connectivity index (χ1v) is 4.49. The molecule has 1 fully saturated rings. The zero-order valence-electron chi connectivity index (χ0n) is 7.99. The molecule has 0 aromatic rings. The number of esters is 1. The summed E-state index contributed by atoms with van der Waals surface area (Å²) in [4.78, 5) is 11.3.